The molecular weight excluding hydrogens is 558 g/mol. The maximum Gasteiger partial charge on any atom is 0.344 e. The molecule has 0 radical (unpaired) electrons. The van der Waals surface area contributed by atoms with E-state index < -0.39 is 5.97 Å². The average Bonchev–Trinajstić information content (AvgIpc) is 2.74. The van der Waals surface area contributed by atoms with Crippen LogP contribution < -0.4 is 15.0 Å². The molecule has 10 heteroatoms. The Bertz CT molecular complexity index is 1270. The Labute approximate surface area is 207 Å². The molecule has 0 saturated carbocycles. The number of carbonyl (C=O) groups is 1. The van der Waals surface area contributed by atoms with Crippen LogP contribution in [-0.2, 0) is 9.53 Å². The lowest BCUT2D eigenvalue weighted by molar-refractivity contribution is -0.149. The highest BCUT2D eigenvalue weighted by molar-refractivity contribution is 9.10. The van der Waals surface area contributed by atoms with Gasteiger partial charge in [-0.3, -0.25) is 4.79 Å². The van der Waals surface area contributed by atoms with Crippen LogP contribution >= 0.6 is 31.9 Å². The molecule has 0 bridgehead atoms. The Balaban J connectivity index is 1.93. The van der Waals surface area contributed by atoms with Crippen LogP contribution in [0.25, 0.3) is 10.9 Å². The van der Waals surface area contributed by atoms with Crippen LogP contribution in [0.15, 0.2) is 49.2 Å². The maximum absolute atomic E-state index is 12.9. The molecule has 0 amide bonds. The van der Waals surface area contributed by atoms with Crippen molar-refractivity contribution < 1.29 is 19.0 Å². The summed E-state index contributed by atoms with van der Waals surface area (Å²) in [6.07, 6.45) is 1.30. The Morgan fingerprint density at radius 2 is 1.91 bits per heavy atom. The van der Waals surface area contributed by atoms with Gasteiger partial charge in [0.15, 0.2) is 18.1 Å². The van der Waals surface area contributed by atoms with Crippen molar-refractivity contribution >= 4 is 54.9 Å². The number of carbonyl (C=O) groups excluding carboxylic acids is 1. The number of benzene rings is 2. The fourth-order valence-corrected chi connectivity index (χ4v) is 3.77. The van der Waals surface area contributed by atoms with Gasteiger partial charge in [-0.05, 0) is 74.0 Å². The van der Waals surface area contributed by atoms with E-state index in [0.717, 1.165) is 4.47 Å². The Kier molecular flexibility index (Phi) is 8.25. The summed E-state index contributed by atoms with van der Waals surface area (Å²) in [6, 6.07) is 8.73. The minimum absolute atomic E-state index is 0.227. The molecule has 0 unspecified atom stereocenters. The number of halogens is 2. The third-order valence-electron chi connectivity index (χ3n) is 4.36. The number of hydrogen-bond acceptors (Lipinski definition) is 7. The van der Waals surface area contributed by atoms with Crippen molar-refractivity contribution in [1.82, 2.24) is 9.66 Å². The van der Waals surface area contributed by atoms with E-state index in [0.29, 0.717) is 44.9 Å². The van der Waals surface area contributed by atoms with Gasteiger partial charge in [0.1, 0.15) is 5.82 Å². The van der Waals surface area contributed by atoms with Gasteiger partial charge in [0.2, 0.25) is 0 Å². The van der Waals surface area contributed by atoms with Crippen LogP contribution in [0.2, 0.25) is 0 Å². The van der Waals surface area contributed by atoms with Crippen molar-refractivity contribution in [3.05, 3.63) is 61.0 Å². The molecule has 3 rings (SSSR count). The van der Waals surface area contributed by atoms with Crippen LogP contribution in [0, 0.1) is 6.92 Å². The van der Waals surface area contributed by atoms with E-state index in [2.05, 4.69) is 41.9 Å². The van der Waals surface area contributed by atoms with Crippen molar-refractivity contribution in [3.8, 4) is 11.5 Å². The number of aryl methyl sites for hydroxylation is 1. The number of ether oxygens (including phenoxy) is 3. The van der Waals surface area contributed by atoms with E-state index in [1.807, 2.05) is 13.0 Å². The van der Waals surface area contributed by atoms with E-state index in [9.17, 15) is 9.59 Å². The molecule has 33 heavy (non-hydrogen) atoms. The monoisotopic (exact) mass is 579 g/mol. The van der Waals surface area contributed by atoms with Gasteiger partial charge >= 0.3 is 5.97 Å². The zero-order valence-electron chi connectivity index (χ0n) is 18.6. The third kappa shape index (κ3) is 6.20. The maximum atomic E-state index is 12.9. The van der Waals surface area contributed by atoms with Crippen molar-refractivity contribution in [1.29, 1.82) is 0 Å². The standard InChI is InChI=1S/C23H23Br2N3O5/c1-5-31-20-8-15(18(25)10-21(20)32-12-22(29)33-13(2)3)11-26-28-14(4)27-19-7-6-16(24)9-17(19)23(28)30/h6-11,13H,5,12H2,1-4H3. The van der Waals surface area contributed by atoms with Crippen molar-refractivity contribution in [2.75, 3.05) is 13.2 Å². The van der Waals surface area contributed by atoms with Crippen molar-refractivity contribution in [2.24, 2.45) is 5.10 Å². The van der Waals surface area contributed by atoms with Crippen LogP contribution in [0.4, 0.5) is 0 Å². The minimum atomic E-state index is -0.473. The zero-order chi connectivity index (χ0) is 24.1. The third-order valence-corrected chi connectivity index (χ3v) is 5.54. The number of nitrogens with zero attached hydrogens (tertiary/aromatic N) is 3. The second-order valence-corrected chi connectivity index (χ2v) is 9.03. The fourth-order valence-electron chi connectivity index (χ4n) is 2.98. The van der Waals surface area contributed by atoms with Crippen LogP contribution in [0.5, 0.6) is 11.5 Å². The molecule has 8 nitrogen and oxygen atoms in total. The van der Waals surface area contributed by atoms with E-state index >= 15 is 0 Å². The molecule has 0 aliphatic carbocycles. The number of aromatic nitrogens is 2. The van der Waals surface area contributed by atoms with Crippen LogP contribution in [0.1, 0.15) is 32.2 Å². The summed E-state index contributed by atoms with van der Waals surface area (Å²) in [5, 5.41) is 4.81. The molecule has 1 heterocycles. The van der Waals surface area contributed by atoms with Gasteiger partial charge in [-0.15, -0.1) is 0 Å². The summed E-state index contributed by atoms with van der Waals surface area (Å²) in [6.45, 7) is 7.25. The first-order valence-electron chi connectivity index (χ1n) is 10.2. The second-order valence-electron chi connectivity index (χ2n) is 7.26. The van der Waals surface area contributed by atoms with Gasteiger partial charge in [-0.1, -0.05) is 15.9 Å². The molecule has 1 aromatic heterocycles. The molecule has 3 aromatic rings. The summed E-state index contributed by atoms with van der Waals surface area (Å²) >= 11 is 6.87. The minimum Gasteiger partial charge on any atom is -0.490 e. The molecule has 0 aliphatic heterocycles. The van der Waals surface area contributed by atoms with Gasteiger partial charge in [-0.25, -0.2) is 9.78 Å². The summed E-state index contributed by atoms with van der Waals surface area (Å²) in [5.41, 5.74) is 0.973. The molecular formula is C23H23Br2N3O5. The number of hydrogen-bond donors (Lipinski definition) is 0. The van der Waals surface area contributed by atoms with Crippen molar-refractivity contribution in [2.45, 2.75) is 33.8 Å². The number of fused-ring (bicyclic) bond motifs is 1. The Hall–Kier alpha value is -2.72. The summed E-state index contributed by atoms with van der Waals surface area (Å²) in [4.78, 5) is 29.2. The quantitative estimate of drug-likeness (QED) is 0.280. The van der Waals surface area contributed by atoms with Crippen LogP contribution in [0.3, 0.4) is 0 Å². The molecule has 174 valence electrons. The lowest BCUT2D eigenvalue weighted by Gasteiger charge is -2.14. The highest BCUT2D eigenvalue weighted by atomic mass is 79.9. The first-order chi connectivity index (χ1) is 15.7. The summed E-state index contributed by atoms with van der Waals surface area (Å²) in [7, 11) is 0. The summed E-state index contributed by atoms with van der Waals surface area (Å²) < 4.78 is 19.0. The molecule has 0 N–H and O–H groups in total. The second kappa shape index (κ2) is 10.9. The number of esters is 1. The fraction of sp³-hybridized carbons (Fsp3) is 0.304. The summed E-state index contributed by atoms with van der Waals surface area (Å²) in [5.74, 6) is 0.798. The van der Waals surface area contributed by atoms with Gasteiger partial charge in [0, 0.05) is 14.5 Å². The highest BCUT2D eigenvalue weighted by Crippen LogP contribution is 2.33. The van der Waals surface area contributed by atoms with E-state index in [1.54, 1.807) is 45.0 Å². The first kappa shape index (κ1) is 24.9. The molecule has 0 aliphatic rings. The first-order valence-corrected chi connectivity index (χ1v) is 11.8. The largest absolute Gasteiger partial charge is 0.490 e. The molecule has 2 aromatic carbocycles. The topological polar surface area (TPSA) is 92.0 Å². The van der Waals surface area contributed by atoms with Crippen molar-refractivity contribution in [3.63, 3.8) is 0 Å². The molecule has 0 saturated heterocycles. The highest BCUT2D eigenvalue weighted by Gasteiger charge is 2.14. The van der Waals surface area contributed by atoms with Gasteiger partial charge in [-0.2, -0.15) is 9.78 Å². The van der Waals surface area contributed by atoms with E-state index in [4.69, 9.17) is 14.2 Å². The number of rotatable bonds is 8. The lowest BCUT2D eigenvalue weighted by atomic mass is 10.2. The SMILES string of the molecule is CCOc1cc(C=Nn2c(C)nc3ccc(Br)cc3c2=O)c(Br)cc1OCC(=O)OC(C)C. The van der Waals surface area contributed by atoms with E-state index in [1.165, 1.54) is 10.9 Å². The predicted molar refractivity (Wildman–Crippen MR) is 133 cm³/mol. The zero-order valence-corrected chi connectivity index (χ0v) is 21.8. The van der Waals surface area contributed by atoms with Crippen LogP contribution in [-0.4, -0.2) is 41.2 Å². The Morgan fingerprint density at radius 1 is 1.18 bits per heavy atom. The predicted octanol–water partition coefficient (Wildman–Crippen LogP) is 4.84. The van der Waals surface area contributed by atoms with Gasteiger partial charge in [0.05, 0.1) is 29.8 Å². The van der Waals surface area contributed by atoms with Gasteiger partial charge < -0.3 is 14.2 Å². The smallest absolute Gasteiger partial charge is 0.344 e. The molecule has 0 fully saturated rings. The van der Waals surface area contributed by atoms with Gasteiger partial charge in [0.25, 0.3) is 5.56 Å². The molecule has 0 atom stereocenters. The Morgan fingerprint density at radius 3 is 2.61 bits per heavy atom. The average molecular weight is 581 g/mol. The normalized spacial score (nSPS) is 11.4. The van der Waals surface area contributed by atoms with E-state index in [-0.39, 0.29) is 18.3 Å². The molecule has 0 spiro atoms. The lowest BCUT2D eigenvalue weighted by Crippen LogP contribution is -2.20.